The van der Waals surface area contributed by atoms with E-state index >= 15 is 0 Å². The minimum Gasteiger partial charge on any atom is -0.349 e. The second-order valence-electron chi connectivity index (χ2n) is 5.61. The van der Waals surface area contributed by atoms with Gasteiger partial charge in [-0.3, -0.25) is 4.79 Å². The molecule has 2 unspecified atom stereocenters. The van der Waals surface area contributed by atoms with Crippen LogP contribution in [0.15, 0.2) is 0 Å². The van der Waals surface area contributed by atoms with Crippen molar-refractivity contribution in [2.75, 3.05) is 6.54 Å². The summed E-state index contributed by atoms with van der Waals surface area (Å²) in [5, 5.41) is 3.17. The molecule has 3 fully saturated rings. The van der Waals surface area contributed by atoms with Crippen molar-refractivity contribution >= 4 is 5.91 Å². The Kier molecular flexibility index (Phi) is 2.06. The van der Waals surface area contributed by atoms with E-state index in [1.54, 1.807) is 0 Å². The van der Waals surface area contributed by atoms with Crippen LogP contribution in [0.2, 0.25) is 0 Å². The molecule has 2 atom stereocenters. The second kappa shape index (κ2) is 3.21. The van der Waals surface area contributed by atoms with Gasteiger partial charge in [0.2, 0.25) is 5.91 Å². The lowest BCUT2D eigenvalue weighted by Crippen LogP contribution is -2.43. The van der Waals surface area contributed by atoms with E-state index < -0.39 is 0 Å². The van der Waals surface area contributed by atoms with Gasteiger partial charge in [0.15, 0.2) is 0 Å². The molecule has 84 valence electrons. The fraction of sp³-hybridized carbons (Fsp3) is 0.917. The van der Waals surface area contributed by atoms with Gasteiger partial charge in [-0.25, -0.2) is 0 Å². The molecule has 0 heterocycles. The Morgan fingerprint density at radius 3 is 2.33 bits per heavy atom. The van der Waals surface area contributed by atoms with Crippen molar-refractivity contribution in [3.05, 3.63) is 0 Å². The summed E-state index contributed by atoms with van der Waals surface area (Å²) in [6.45, 7) is 0.612. The first-order valence-electron chi connectivity index (χ1n) is 6.28. The Morgan fingerprint density at radius 2 is 1.87 bits per heavy atom. The Balaban J connectivity index is 1.57. The number of nitrogens with two attached hydrogens (primary N) is 1. The molecule has 3 rings (SSSR count). The van der Waals surface area contributed by atoms with Crippen LogP contribution in [-0.2, 0) is 4.79 Å². The minimum atomic E-state index is 0.00281. The lowest BCUT2D eigenvalue weighted by atomic mass is 10.0. The molecular formula is C12H20N2O. The molecule has 3 saturated carbocycles. The third-order valence-corrected chi connectivity index (χ3v) is 4.59. The van der Waals surface area contributed by atoms with Crippen LogP contribution in [0.1, 0.15) is 38.5 Å². The fourth-order valence-corrected chi connectivity index (χ4v) is 3.26. The zero-order valence-corrected chi connectivity index (χ0v) is 9.17. The molecule has 0 spiro atoms. The molecule has 0 aromatic carbocycles. The van der Waals surface area contributed by atoms with E-state index in [2.05, 4.69) is 5.32 Å². The number of hydrogen-bond donors (Lipinski definition) is 2. The summed E-state index contributed by atoms with van der Waals surface area (Å²) < 4.78 is 0. The van der Waals surface area contributed by atoms with Crippen molar-refractivity contribution < 1.29 is 4.79 Å². The highest BCUT2D eigenvalue weighted by Crippen LogP contribution is 2.55. The predicted octanol–water partition coefficient (Wildman–Crippen LogP) is 1.03. The van der Waals surface area contributed by atoms with E-state index in [0.29, 0.717) is 30.2 Å². The zero-order chi connectivity index (χ0) is 10.5. The van der Waals surface area contributed by atoms with Crippen molar-refractivity contribution in [3.63, 3.8) is 0 Å². The van der Waals surface area contributed by atoms with E-state index in [9.17, 15) is 4.79 Å². The first-order chi connectivity index (χ1) is 7.26. The normalized spacial score (nSPS) is 40.5. The number of carbonyl (C=O) groups is 1. The molecule has 1 amide bonds. The van der Waals surface area contributed by atoms with E-state index in [0.717, 1.165) is 12.8 Å². The number of nitrogens with one attached hydrogen (secondary N) is 1. The minimum absolute atomic E-state index is 0.00281. The Labute approximate surface area is 90.8 Å². The smallest absolute Gasteiger partial charge is 0.224 e. The summed E-state index contributed by atoms with van der Waals surface area (Å²) >= 11 is 0. The summed E-state index contributed by atoms with van der Waals surface area (Å²) in [7, 11) is 0. The Bertz CT molecular complexity index is 273. The van der Waals surface area contributed by atoms with Crippen LogP contribution < -0.4 is 11.1 Å². The van der Waals surface area contributed by atoms with Gasteiger partial charge in [-0.05, 0) is 37.5 Å². The molecular weight excluding hydrogens is 188 g/mol. The van der Waals surface area contributed by atoms with Crippen LogP contribution in [0.25, 0.3) is 0 Å². The number of fused-ring (bicyclic) bond motifs is 1. The number of rotatable bonds is 3. The largest absolute Gasteiger partial charge is 0.349 e. The average Bonchev–Trinajstić information content (AvgIpc) is 3.11. The molecule has 0 saturated heterocycles. The highest BCUT2D eigenvalue weighted by atomic mass is 16.2. The Morgan fingerprint density at radius 1 is 1.27 bits per heavy atom. The van der Waals surface area contributed by atoms with Gasteiger partial charge in [-0.1, -0.05) is 12.8 Å². The molecule has 3 aliphatic rings. The lowest BCUT2D eigenvalue weighted by Gasteiger charge is -2.14. The topological polar surface area (TPSA) is 55.1 Å². The summed E-state index contributed by atoms with van der Waals surface area (Å²) in [4.78, 5) is 12.0. The van der Waals surface area contributed by atoms with Gasteiger partial charge >= 0.3 is 0 Å². The maximum absolute atomic E-state index is 12.0. The molecule has 3 nitrogen and oxygen atoms in total. The van der Waals surface area contributed by atoms with E-state index in [-0.39, 0.29) is 5.54 Å². The number of carbonyl (C=O) groups excluding carboxylic acids is 1. The fourth-order valence-electron chi connectivity index (χ4n) is 3.26. The summed E-state index contributed by atoms with van der Waals surface area (Å²) in [5.74, 6) is 2.08. The first-order valence-corrected chi connectivity index (χ1v) is 6.28. The van der Waals surface area contributed by atoms with Crippen LogP contribution in [0, 0.1) is 17.8 Å². The van der Waals surface area contributed by atoms with Gasteiger partial charge in [-0.15, -0.1) is 0 Å². The monoisotopic (exact) mass is 208 g/mol. The third kappa shape index (κ3) is 1.57. The van der Waals surface area contributed by atoms with Crippen LogP contribution >= 0.6 is 0 Å². The van der Waals surface area contributed by atoms with Crippen molar-refractivity contribution in [2.24, 2.45) is 23.5 Å². The van der Waals surface area contributed by atoms with Gasteiger partial charge in [0.1, 0.15) is 0 Å². The van der Waals surface area contributed by atoms with Crippen LogP contribution in [0.5, 0.6) is 0 Å². The van der Waals surface area contributed by atoms with Crippen LogP contribution in [-0.4, -0.2) is 18.0 Å². The molecule has 3 N–H and O–H groups in total. The SMILES string of the molecule is NCC1(NC(=O)C2C3CCCCC32)CC1. The lowest BCUT2D eigenvalue weighted by molar-refractivity contribution is -0.123. The van der Waals surface area contributed by atoms with Gasteiger partial charge in [0.05, 0.1) is 5.54 Å². The molecule has 0 bridgehead atoms. The summed E-state index contributed by atoms with van der Waals surface area (Å²) in [5.41, 5.74) is 5.67. The standard InChI is InChI=1S/C12H20N2O/c13-7-12(5-6-12)14-11(15)10-8-3-1-2-4-9(8)10/h8-10H,1-7,13H2,(H,14,15). The van der Waals surface area contributed by atoms with Crippen molar-refractivity contribution in [3.8, 4) is 0 Å². The van der Waals surface area contributed by atoms with Crippen molar-refractivity contribution in [1.29, 1.82) is 0 Å². The highest BCUT2D eigenvalue weighted by Gasteiger charge is 2.56. The maximum atomic E-state index is 12.0. The van der Waals surface area contributed by atoms with E-state index in [4.69, 9.17) is 5.73 Å². The quantitative estimate of drug-likeness (QED) is 0.728. The van der Waals surface area contributed by atoms with Crippen molar-refractivity contribution in [2.45, 2.75) is 44.1 Å². The molecule has 15 heavy (non-hydrogen) atoms. The predicted molar refractivity (Wildman–Crippen MR) is 58.1 cm³/mol. The third-order valence-electron chi connectivity index (χ3n) is 4.59. The van der Waals surface area contributed by atoms with Gasteiger partial charge in [0, 0.05) is 12.5 Å². The molecule has 3 heteroatoms. The average molecular weight is 208 g/mol. The Hall–Kier alpha value is -0.570. The van der Waals surface area contributed by atoms with Gasteiger partial charge in [-0.2, -0.15) is 0 Å². The molecule has 0 aliphatic heterocycles. The van der Waals surface area contributed by atoms with Gasteiger partial charge < -0.3 is 11.1 Å². The van der Waals surface area contributed by atoms with Crippen LogP contribution in [0.3, 0.4) is 0 Å². The maximum Gasteiger partial charge on any atom is 0.224 e. The molecule has 0 aromatic heterocycles. The summed E-state index contributed by atoms with van der Waals surface area (Å²) in [6, 6.07) is 0. The first kappa shape index (κ1) is 9.64. The summed E-state index contributed by atoms with van der Waals surface area (Å²) in [6.07, 6.45) is 7.37. The van der Waals surface area contributed by atoms with Gasteiger partial charge in [0.25, 0.3) is 0 Å². The van der Waals surface area contributed by atoms with Crippen LogP contribution in [0.4, 0.5) is 0 Å². The van der Waals surface area contributed by atoms with Crippen molar-refractivity contribution in [1.82, 2.24) is 5.32 Å². The number of hydrogen-bond acceptors (Lipinski definition) is 2. The zero-order valence-electron chi connectivity index (χ0n) is 9.17. The molecule has 3 aliphatic carbocycles. The molecule has 0 radical (unpaired) electrons. The van der Waals surface area contributed by atoms with E-state index in [1.165, 1.54) is 25.7 Å². The number of amides is 1. The highest BCUT2D eigenvalue weighted by molar-refractivity contribution is 5.83. The van der Waals surface area contributed by atoms with E-state index in [1.807, 2.05) is 0 Å². The second-order valence-corrected chi connectivity index (χ2v) is 5.61. The molecule has 0 aromatic rings.